The third kappa shape index (κ3) is 4.46. The van der Waals surface area contributed by atoms with Crippen LogP contribution >= 0.6 is 0 Å². The van der Waals surface area contributed by atoms with Crippen LogP contribution in [0.4, 0.5) is 0 Å². The number of ether oxygens (including phenoxy) is 1. The fraction of sp³-hybridized carbons (Fsp3) is 0.318. The zero-order chi connectivity index (χ0) is 20.1. The van der Waals surface area contributed by atoms with Gasteiger partial charge in [-0.05, 0) is 44.9 Å². The molecule has 0 saturated carbocycles. The highest BCUT2D eigenvalue weighted by Gasteiger charge is 2.19. The second kappa shape index (κ2) is 8.80. The van der Waals surface area contributed by atoms with E-state index in [1.165, 1.54) is 5.56 Å². The molecule has 1 heterocycles. The van der Waals surface area contributed by atoms with E-state index in [1.54, 1.807) is 11.8 Å². The van der Waals surface area contributed by atoms with Gasteiger partial charge in [-0.2, -0.15) is 0 Å². The second-order valence-corrected chi connectivity index (χ2v) is 6.93. The SMILES string of the molecule is COCCCNC(=O)c1nc(-c2cccc(C)c2)n(-c2ccc(C)cc2C)n1. The smallest absolute Gasteiger partial charge is 0.290 e. The maximum Gasteiger partial charge on any atom is 0.290 e. The van der Waals surface area contributed by atoms with Crippen molar-refractivity contribution in [1.82, 2.24) is 20.1 Å². The van der Waals surface area contributed by atoms with Crippen LogP contribution < -0.4 is 5.32 Å². The topological polar surface area (TPSA) is 69.0 Å². The summed E-state index contributed by atoms with van der Waals surface area (Å²) in [5.74, 6) is 0.528. The molecular weight excluding hydrogens is 352 g/mol. The number of benzene rings is 2. The van der Waals surface area contributed by atoms with Gasteiger partial charge in [0.1, 0.15) is 0 Å². The first kappa shape index (κ1) is 19.8. The molecule has 1 N–H and O–H groups in total. The molecule has 1 amide bonds. The summed E-state index contributed by atoms with van der Waals surface area (Å²) in [5.41, 5.74) is 5.21. The minimum Gasteiger partial charge on any atom is -0.385 e. The van der Waals surface area contributed by atoms with Gasteiger partial charge in [0.15, 0.2) is 5.82 Å². The van der Waals surface area contributed by atoms with E-state index in [2.05, 4.69) is 28.4 Å². The molecule has 0 bridgehead atoms. The summed E-state index contributed by atoms with van der Waals surface area (Å²) in [6.45, 7) is 7.24. The summed E-state index contributed by atoms with van der Waals surface area (Å²) in [6, 6.07) is 14.2. The zero-order valence-electron chi connectivity index (χ0n) is 16.8. The second-order valence-electron chi connectivity index (χ2n) is 6.93. The number of amides is 1. The van der Waals surface area contributed by atoms with Crippen LogP contribution in [0.25, 0.3) is 17.1 Å². The van der Waals surface area contributed by atoms with Crippen molar-refractivity contribution < 1.29 is 9.53 Å². The average molecular weight is 378 g/mol. The Hall–Kier alpha value is -2.99. The minimum atomic E-state index is -0.284. The van der Waals surface area contributed by atoms with E-state index in [0.717, 1.165) is 28.8 Å². The van der Waals surface area contributed by atoms with E-state index in [-0.39, 0.29) is 11.7 Å². The molecule has 0 unspecified atom stereocenters. The lowest BCUT2D eigenvalue weighted by Gasteiger charge is -2.10. The fourth-order valence-electron chi connectivity index (χ4n) is 3.09. The lowest BCUT2D eigenvalue weighted by Crippen LogP contribution is -2.26. The van der Waals surface area contributed by atoms with Gasteiger partial charge in [-0.25, -0.2) is 9.67 Å². The number of nitrogens with zero attached hydrogens (tertiary/aromatic N) is 3. The Morgan fingerprint density at radius 3 is 2.61 bits per heavy atom. The molecular formula is C22H26N4O2. The van der Waals surface area contributed by atoms with E-state index in [1.807, 2.05) is 50.2 Å². The van der Waals surface area contributed by atoms with E-state index in [0.29, 0.717) is 19.0 Å². The molecule has 28 heavy (non-hydrogen) atoms. The van der Waals surface area contributed by atoms with Crippen molar-refractivity contribution >= 4 is 5.91 Å². The third-order valence-electron chi connectivity index (χ3n) is 4.48. The summed E-state index contributed by atoms with van der Waals surface area (Å²) in [7, 11) is 1.64. The Morgan fingerprint density at radius 1 is 1.11 bits per heavy atom. The Balaban J connectivity index is 2.01. The number of carbonyl (C=O) groups excluding carboxylic acids is 1. The lowest BCUT2D eigenvalue weighted by molar-refractivity contribution is 0.0938. The van der Waals surface area contributed by atoms with E-state index >= 15 is 0 Å². The van der Waals surface area contributed by atoms with Crippen molar-refractivity contribution in [2.45, 2.75) is 27.2 Å². The first-order valence-corrected chi connectivity index (χ1v) is 9.38. The van der Waals surface area contributed by atoms with Gasteiger partial charge in [0.25, 0.3) is 5.91 Å². The van der Waals surface area contributed by atoms with E-state index in [4.69, 9.17) is 4.74 Å². The first-order chi connectivity index (χ1) is 13.5. The minimum absolute atomic E-state index is 0.161. The molecule has 0 fully saturated rings. The normalized spacial score (nSPS) is 10.9. The van der Waals surface area contributed by atoms with E-state index in [9.17, 15) is 4.79 Å². The lowest BCUT2D eigenvalue weighted by atomic mass is 10.1. The number of carbonyl (C=O) groups is 1. The largest absolute Gasteiger partial charge is 0.385 e. The van der Waals surface area contributed by atoms with Crippen LogP contribution in [0.3, 0.4) is 0 Å². The van der Waals surface area contributed by atoms with Crippen LogP contribution in [-0.4, -0.2) is 40.9 Å². The van der Waals surface area contributed by atoms with Gasteiger partial charge in [0.05, 0.1) is 5.69 Å². The number of rotatable bonds is 7. The molecule has 0 spiro atoms. The van der Waals surface area contributed by atoms with Crippen LogP contribution in [0.2, 0.25) is 0 Å². The Labute approximate surface area is 165 Å². The standard InChI is InChI=1S/C22H26N4O2/c1-15-7-5-8-18(14-15)21-24-20(22(27)23-11-6-12-28-4)25-26(21)19-10-9-16(2)13-17(19)3/h5,7-10,13-14H,6,11-12H2,1-4H3,(H,23,27). The maximum atomic E-state index is 12.6. The molecule has 0 saturated heterocycles. The van der Waals surface area contributed by atoms with Crippen LogP contribution in [0, 0.1) is 20.8 Å². The zero-order valence-corrected chi connectivity index (χ0v) is 16.8. The van der Waals surface area contributed by atoms with Crippen molar-refractivity contribution in [3.8, 4) is 17.1 Å². The number of hydrogen-bond acceptors (Lipinski definition) is 4. The molecule has 6 heteroatoms. The highest BCUT2D eigenvalue weighted by atomic mass is 16.5. The predicted octanol–water partition coefficient (Wildman–Crippen LogP) is 3.63. The van der Waals surface area contributed by atoms with Crippen molar-refractivity contribution in [3.63, 3.8) is 0 Å². The van der Waals surface area contributed by atoms with Gasteiger partial charge in [-0.15, -0.1) is 5.10 Å². The summed E-state index contributed by atoms with van der Waals surface area (Å²) >= 11 is 0. The maximum absolute atomic E-state index is 12.6. The summed E-state index contributed by atoms with van der Waals surface area (Å²) < 4.78 is 6.77. The van der Waals surface area contributed by atoms with Crippen LogP contribution in [0.1, 0.15) is 33.7 Å². The highest BCUT2D eigenvalue weighted by Crippen LogP contribution is 2.24. The van der Waals surface area contributed by atoms with Crippen LogP contribution in [0.15, 0.2) is 42.5 Å². The Kier molecular flexibility index (Phi) is 6.21. The molecule has 3 rings (SSSR count). The van der Waals surface area contributed by atoms with Crippen molar-refractivity contribution in [3.05, 3.63) is 65.0 Å². The Morgan fingerprint density at radius 2 is 1.89 bits per heavy atom. The quantitative estimate of drug-likeness (QED) is 0.638. The molecule has 0 aliphatic carbocycles. The first-order valence-electron chi connectivity index (χ1n) is 9.38. The van der Waals surface area contributed by atoms with Crippen molar-refractivity contribution in [2.75, 3.05) is 20.3 Å². The fourth-order valence-corrected chi connectivity index (χ4v) is 3.09. The third-order valence-corrected chi connectivity index (χ3v) is 4.48. The van der Waals surface area contributed by atoms with Gasteiger partial charge in [-0.1, -0.05) is 41.5 Å². The molecule has 0 atom stereocenters. The van der Waals surface area contributed by atoms with Crippen LogP contribution in [-0.2, 0) is 4.74 Å². The molecule has 0 radical (unpaired) electrons. The number of hydrogen-bond donors (Lipinski definition) is 1. The predicted molar refractivity (Wildman–Crippen MR) is 110 cm³/mol. The summed E-state index contributed by atoms with van der Waals surface area (Å²) in [4.78, 5) is 17.1. The number of aryl methyl sites for hydroxylation is 3. The van der Waals surface area contributed by atoms with E-state index < -0.39 is 0 Å². The average Bonchev–Trinajstić information content (AvgIpc) is 3.10. The summed E-state index contributed by atoms with van der Waals surface area (Å²) in [5, 5.41) is 7.39. The number of aromatic nitrogens is 3. The van der Waals surface area contributed by atoms with Crippen LogP contribution in [0.5, 0.6) is 0 Å². The monoisotopic (exact) mass is 378 g/mol. The van der Waals surface area contributed by atoms with Gasteiger partial charge in [0, 0.05) is 25.8 Å². The number of methoxy groups -OCH3 is 1. The molecule has 2 aromatic carbocycles. The highest BCUT2D eigenvalue weighted by molar-refractivity contribution is 5.91. The van der Waals surface area contributed by atoms with Gasteiger partial charge < -0.3 is 10.1 Å². The molecule has 1 aromatic heterocycles. The van der Waals surface area contributed by atoms with Crippen molar-refractivity contribution in [1.29, 1.82) is 0 Å². The number of nitrogens with one attached hydrogen (secondary N) is 1. The van der Waals surface area contributed by atoms with Gasteiger partial charge >= 0.3 is 0 Å². The van der Waals surface area contributed by atoms with Gasteiger partial charge in [0.2, 0.25) is 5.82 Å². The summed E-state index contributed by atoms with van der Waals surface area (Å²) in [6.07, 6.45) is 0.741. The molecule has 0 aliphatic heterocycles. The molecule has 0 aliphatic rings. The molecule has 3 aromatic rings. The molecule has 146 valence electrons. The molecule has 6 nitrogen and oxygen atoms in total. The Bertz CT molecular complexity index is 978. The van der Waals surface area contributed by atoms with Crippen molar-refractivity contribution in [2.24, 2.45) is 0 Å². The van der Waals surface area contributed by atoms with Gasteiger partial charge in [-0.3, -0.25) is 4.79 Å².